The highest BCUT2D eigenvalue weighted by Gasteiger charge is 2.19. The fourth-order valence-corrected chi connectivity index (χ4v) is 4.72. The highest BCUT2D eigenvalue weighted by Crippen LogP contribution is 2.27. The van der Waals surface area contributed by atoms with Crippen LogP contribution in [0.15, 0.2) is 52.5 Å². The predicted molar refractivity (Wildman–Crippen MR) is 117 cm³/mol. The number of para-hydroxylation sites is 1. The van der Waals surface area contributed by atoms with Crippen LogP contribution in [0, 0.1) is 6.92 Å². The summed E-state index contributed by atoms with van der Waals surface area (Å²) in [7, 11) is -3.80. The zero-order valence-electron chi connectivity index (χ0n) is 16.6. The lowest BCUT2D eigenvalue weighted by atomic mass is 10.2. The molecule has 3 rings (SSSR count). The number of amides is 1. The van der Waals surface area contributed by atoms with E-state index in [2.05, 4.69) is 4.98 Å². The fraction of sp³-hybridized carbons (Fsp3) is 0.300. The van der Waals surface area contributed by atoms with Crippen molar-refractivity contribution in [3.05, 3.63) is 48.0 Å². The number of hydrogen-bond donors (Lipinski definition) is 1. The van der Waals surface area contributed by atoms with Crippen molar-refractivity contribution in [1.29, 1.82) is 0 Å². The topological polar surface area (TPSA) is 98.3 Å². The van der Waals surface area contributed by atoms with Crippen molar-refractivity contribution in [2.24, 2.45) is 5.14 Å². The average molecular weight is 433 g/mol. The number of hydrogen-bond acceptors (Lipinski definition) is 5. The van der Waals surface area contributed by atoms with Gasteiger partial charge in [0.05, 0.1) is 21.7 Å². The molecule has 0 bridgehead atoms. The van der Waals surface area contributed by atoms with Crippen LogP contribution in [0.5, 0.6) is 0 Å². The molecule has 7 nitrogen and oxygen atoms in total. The van der Waals surface area contributed by atoms with E-state index in [9.17, 15) is 13.2 Å². The Morgan fingerprint density at radius 2 is 1.93 bits per heavy atom. The number of anilines is 1. The summed E-state index contributed by atoms with van der Waals surface area (Å²) < 4.78 is 25.2. The van der Waals surface area contributed by atoms with Gasteiger partial charge in [0, 0.05) is 18.8 Å². The Bertz CT molecular complexity index is 1160. The van der Waals surface area contributed by atoms with Gasteiger partial charge in [0.25, 0.3) is 0 Å². The number of thioether (sulfide) groups is 1. The van der Waals surface area contributed by atoms with Gasteiger partial charge in [-0.25, -0.2) is 18.5 Å². The molecule has 0 aliphatic heterocycles. The molecule has 154 valence electrons. The summed E-state index contributed by atoms with van der Waals surface area (Å²) in [4.78, 5) is 19.2. The largest absolute Gasteiger partial charge is 0.319 e. The monoisotopic (exact) mass is 432 g/mol. The highest BCUT2D eigenvalue weighted by atomic mass is 32.2. The number of fused-ring (bicyclic) bond motifs is 1. The second kappa shape index (κ2) is 8.56. The summed E-state index contributed by atoms with van der Waals surface area (Å²) in [5.74, 6) is 0.222. The third-order valence-corrected chi connectivity index (χ3v) is 6.55. The molecule has 2 aromatic carbocycles. The Hall–Kier alpha value is -2.36. The van der Waals surface area contributed by atoms with E-state index in [1.807, 2.05) is 49.6 Å². The standard InChI is InChI=1S/C20H24N4O3S2/c1-4-23(17-9-7-6-8-14(17)3)19(25)13-28-20-22-16-12-15(29(21,26)27)10-11-18(16)24(20)5-2/h6-12H,4-5,13H2,1-3H3,(H2,21,26,27). The molecular weight excluding hydrogens is 408 g/mol. The van der Waals surface area contributed by atoms with Crippen LogP contribution in [0.3, 0.4) is 0 Å². The predicted octanol–water partition coefficient (Wildman–Crippen LogP) is 3.16. The van der Waals surface area contributed by atoms with E-state index in [1.54, 1.807) is 11.0 Å². The van der Waals surface area contributed by atoms with Gasteiger partial charge in [0.2, 0.25) is 15.9 Å². The molecule has 0 fully saturated rings. The molecule has 0 atom stereocenters. The van der Waals surface area contributed by atoms with Gasteiger partial charge >= 0.3 is 0 Å². The maximum absolute atomic E-state index is 12.9. The van der Waals surface area contributed by atoms with Crippen molar-refractivity contribution >= 4 is 44.4 Å². The number of aromatic nitrogens is 2. The molecule has 9 heteroatoms. The first kappa shape index (κ1) is 21.4. The molecule has 0 aliphatic rings. The van der Waals surface area contributed by atoms with Crippen LogP contribution in [-0.4, -0.2) is 36.2 Å². The van der Waals surface area contributed by atoms with Crippen molar-refractivity contribution in [2.45, 2.75) is 37.4 Å². The average Bonchev–Trinajstić information content (AvgIpc) is 3.04. The van der Waals surface area contributed by atoms with Gasteiger partial charge in [-0.05, 0) is 50.6 Å². The van der Waals surface area contributed by atoms with E-state index in [0.717, 1.165) is 16.8 Å². The van der Waals surface area contributed by atoms with E-state index in [0.29, 0.717) is 23.8 Å². The van der Waals surface area contributed by atoms with E-state index >= 15 is 0 Å². The van der Waals surface area contributed by atoms with Gasteiger partial charge in [-0.15, -0.1) is 0 Å². The highest BCUT2D eigenvalue weighted by molar-refractivity contribution is 7.99. The molecule has 0 saturated heterocycles. The quantitative estimate of drug-likeness (QED) is 0.578. The van der Waals surface area contributed by atoms with Gasteiger partial charge in [-0.3, -0.25) is 4.79 Å². The molecule has 1 amide bonds. The number of imidazole rings is 1. The van der Waals surface area contributed by atoms with Crippen molar-refractivity contribution in [2.75, 3.05) is 17.2 Å². The summed E-state index contributed by atoms with van der Waals surface area (Å²) >= 11 is 1.34. The number of nitrogens with zero attached hydrogens (tertiary/aromatic N) is 3. The minimum absolute atomic E-state index is 0.00765. The molecule has 0 unspecified atom stereocenters. The normalized spacial score (nSPS) is 11.7. The van der Waals surface area contributed by atoms with Gasteiger partial charge in [-0.1, -0.05) is 30.0 Å². The summed E-state index contributed by atoms with van der Waals surface area (Å²) in [6, 6.07) is 12.4. The summed E-state index contributed by atoms with van der Waals surface area (Å²) in [5.41, 5.74) is 3.30. The number of rotatable bonds is 7. The molecule has 0 radical (unpaired) electrons. The summed E-state index contributed by atoms with van der Waals surface area (Å²) in [6.07, 6.45) is 0. The molecular formula is C20H24N4O3S2. The SMILES string of the molecule is CCN(C(=O)CSc1nc2cc(S(N)(=O)=O)ccc2n1CC)c1ccccc1C. The molecule has 0 spiro atoms. The van der Waals surface area contributed by atoms with E-state index in [1.165, 1.54) is 23.9 Å². The lowest BCUT2D eigenvalue weighted by Crippen LogP contribution is -2.32. The molecule has 2 N–H and O–H groups in total. The van der Waals surface area contributed by atoms with Gasteiger partial charge < -0.3 is 9.47 Å². The minimum atomic E-state index is -3.80. The third-order valence-electron chi connectivity index (χ3n) is 4.68. The number of benzene rings is 2. The molecule has 3 aromatic rings. The number of primary sulfonamides is 1. The van der Waals surface area contributed by atoms with E-state index < -0.39 is 10.0 Å². The van der Waals surface area contributed by atoms with Crippen LogP contribution >= 0.6 is 11.8 Å². The van der Waals surface area contributed by atoms with Crippen molar-refractivity contribution in [1.82, 2.24) is 9.55 Å². The lowest BCUT2D eigenvalue weighted by Gasteiger charge is -2.22. The van der Waals surface area contributed by atoms with Gasteiger partial charge in [0.15, 0.2) is 5.16 Å². The Morgan fingerprint density at radius 3 is 2.55 bits per heavy atom. The lowest BCUT2D eigenvalue weighted by molar-refractivity contribution is -0.116. The Labute approximate surface area is 175 Å². The van der Waals surface area contributed by atoms with Crippen LogP contribution in [0.1, 0.15) is 19.4 Å². The maximum atomic E-state index is 12.9. The Balaban J connectivity index is 1.86. The molecule has 1 aromatic heterocycles. The van der Waals surface area contributed by atoms with Crippen LogP contribution in [-0.2, 0) is 21.4 Å². The first-order valence-electron chi connectivity index (χ1n) is 9.28. The first-order chi connectivity index (χ1) is 13.8. The number of carbonyl (C=O) groups excluding carboxylic acids is 1. The number of aryl methyl sites for hydroxylation is 2. The van der Waals surface area contributed by atoms with Crippen molar-refractivity contribution in [3.63, 3.8) is 0 Å². The second-order valence-electron chi connectivity index (χ2n) is 6.55. The Kier molecular flexibility index (Phi) is 6.30. The number of sulfonamides is 1. The van der Waals surface area contributed by atoms with Crippen LogP contribution < -0.4 is 10.0 Å². The fourth-order valence-electron chi connectivity index (χ4n) is 3.23. The van der Waals surface area contributed by atoms with Gasteiger partial charge in [0.1, 0.15) is 0 Å². The number of carbonyl (C=O) groups is 1. The van der Waals surface area contributed by atoms with E-state index in [4.69, 9.17) is 5.14 Å². The van der Waals surface area contributed by atoms with Crippen LogP contribution in [0.25, 0.3) is 11.0 Å². The van der Waals surface area contributed by atoms with Crippen LogP contribution in [0.2, 0.25) is 0 Å². The van der Waals surface area contributed by atoms with Crippen molar-refractivity contribution < 1.29 is 13.2 Å². The van der Waals surface area contributed by atoms with Gasteiger partial charge in [-0.2, -0.15) is 0 Å². The molecule has 0 saturated carbocycles. The number of nitrogens with two attached hydrogens (primary N) is 1. The molecule has 1 heterocycles. The van der Waals surface area contributed by atoms with E-state index in [-0.39, 0.29) is 16.6 Å². The summed E-state index contributed by atoms with van der Waals surface area (Å²) in [6.45, 7) is 7.14. The smallest absolute Gasteiger partial charge is 0.238 e. The Morgan fingerprint density at radius 1 is 1.21 bits per heavy atom. The van der Waals surface area contributed by atoms with Crippen molar-refractivity contribution in [3.8, 4) is 0 Å². The van der Waals surface area contributed by atoms with Crippen LogP contribution in [0.4, 0.5) is 5.69 Å². The maximum Gasteiger partial charge on any atom is 0.238 e. The summed E-state index contributed by atoms with van der Waals surface area (Å²) in [5, 5.41) is 5.89. The minimum Gasteiger partial charge on any atom is -0.319 e. The first-order valence-corrected chi connectivity index (χ1v) is 11.8. The second-order valence-corrected chi connectivity index (χ2v) is 9.05. The molecule has 0 aliphatic carbocycles. The molecule has 29 heavy (non-hydrogen) atoms. The zero-order valence-corrected chi connectivity index (χ0v) is 18.3. The zero-order chi connectivity index (χ0) is 21.2. The third kappa shape index (κ3) is 4.47.